The van der Waals surface area contributed by atoms with Crippen molar-refractivity contribution in [2.45, 2.75) is 25.0 Å². The summed E-state index contributed by atoms with van der Waals surface area (Å²) in [4.78, 5) is 29.6. The van der Waals surface area contributed by atoms with E-state index in [2.05, 4.69) is 20.4 Å². The second kappa shape index (κ2) is 10.5. The number of halogens is 2. The summed E-state index contributed by atoms with van der Waals surface area (Å²) in [6.07, 6.45) is 5.58. The van der Waals surface area contributed by atoms with Gasteiger partial charge in [-0.3, -0.25) is 19.6 Å². The average molecular weight is 524 g/mol. The number of hydrogen-bond donors (Lipinski definition) is 2. The predicted molar refractivity (Wildman–Crippen MR) is 129 cm³/mol. The van der Waals surface area contributed by atoms with E-state index in [9.17, 15) is 18.7 Å². The number of fused-ring (bicyclic) bond motifs is 1. The summed E-state index contributed by atoms with van der Waals surface area (Å²) >= 11 is 0. The van der Waals surface area contributed by atoms with Crippen LogP contribution >= 0.6 is 0 Å². The van der Waals surface area contributed by atoms with Crippen LogP contribution in [0, 0.1) is 11.6 Å². The molecule has 5 rings (SSSR count). The van der Waals surface area contributed by atoms with Crippen LogP contribution < -0.4 is 19.7 Å². The van der Waals surface area contributed by atoms with Crippen LogP contribution in [0.2, 0.25) is 0 Å². The number of aliphatic hydroxyl groups excluding tert-OH is 1. The van der Waals surface area contributed by atoms with Gasteiger partial charge in [-0.25, -0.2) is 19.2 Å². The lowest BCUT2D eigenvalue weighted by Gasteiger charge is -2.18. The monoisotopic (exact) mass is 524 g/mol. The number of carbonyl (C=O) groups excluding carboxylic acids is 1. The zero-order chi connectivity index (χ0) is 26.7. The highest BCUT2D eigenvalue weighted by Gasteiger charge is 2.46. The first-order valence-corrected chi connectivity index (χ1v) is 11.5. The fourth-order valence-corrected chi connectivity index (χ4v) is 3.59. The molecule has 0 bridgehead atoms. The number of hydroxylamine groups is 1. The van der Waals surface area contributed by atoms with Crippen LogP contribution in [0.4, 0.5) is 8.78 Å². The molecule has 4 aromatic rings. The number of nitrogens with one attached hydrogen (secondary N) is 1. The second-order valence-corrected chi connectivity index (χ2v) is 8.57. The SMILES string of the molecule is COc1cc2nccc(Oc3c(F)cc(CONC(=O)c4cccnc4)cc3F)c2nc1OC1(CO)CC1. The molecule has 0 aliphatic heterocycles. The van der Waals surface area contributed by atoms with Gasteiger partial charge < -0.3 is 19.3 Å². The van der Waals surface area contributed by atoms with E-state index in [1.165, 1.54) is 37.8 Å². The number of amides is 1. The summed E-state index contributed by atoms with van der Waals surface area (Å²) in [5, 5.41) is 9.61. The van der Waals surface area contributed by atoms with Crippen molar-refractivity contribution in [2.75, 3.05) is 13.7 Å². The largest absolute Gasteiger partial charge is 0.491 e. The molecule has 0 spiro atoms. The van der Waals surface area contributed by atoms with Crippen molar-refractivity contribution in [1.82, 2.24) is 20.4 Å². The van der Waals surface area contributed by atoms with Crippen LogP contribution in [0.3, 0.4) is 0 Å². The molecule has 1 fully saturated rings. The van der Waals surface area contributed by atoms with E-state index in [1.807, 2.05) is 0 Å². The Morgan fingerprint density at radius 2 is 1.92 bits per heavy atom. The number of benzene rings is 1. The van der Waals surface area contributed by atoms with E-state index in [0.29, 0.717) is 24.1 Å². The highest BCUT2D eigenvalue weighted by atomic mass is 19.1. The summed E-state index contributed by atoms with van der Waals surface area (Å²) in [7, 11) is 1.44. The minimum Gasteiger partial charge on any atom is -0.491 e. The fourth-order valence-electron chi connectivity index (χ4n) is 3.59. The second-order valence-electron chi connectivity index (χ2n) is 8.57. The summed E-state index contributed by atoms with van der Waals surface area (Å²) in [6, 6.07) is 8.15. The molecular formula is C26H22F2N4O6. The summed E-state index contributed by atoms with van der Waals surface area (Å²) in [5.74, 6) is -2.77. The zero-order valence-electron chi connectivity index (χ0n) is 20.1. The molecule has 0 radical (unpaired) electrons. The van der Waals surface area contributed by atoms with Crippen LogP contribution in [0.15, 0.2) is 55.0 Å². The summed E-state index contributed by atoms with van der Waals surface area (Å²) in [6.45, 7) is -0.487. The van der Waals surface area contributed by atoms with Gasteiger partial charge in [-0.2, -0.15) is 0 Å². The lowest BCUT2D eigenvalue weighted by atomic mass is 10.2. The zero-order valence-corrected chi connectivity index (χ0v) is 20.1. The molecule has 196 valence electrons. The maximum atomic E-state index is 14.9. The van der Waals surface area contributed by atoms with Gasteiger partial charge in [0.05, 0.1) is 31.4 Å². The van der Waals surface area contributed by atoms with Gasteiger partial charge in [0, 0.05) is 30.7 Å². The van der Waals surface area contributed by atoms with Crippen molar-refractivity contribution in [3.8, 4) is 23.1 Å². The van der Waals surface area contributed by atoms with Gasteiger partial charge in [-0.15, -0.1) is 0 Å². The van der Waals surface area contributed by atoms with Gasteiger partial charge in [-0.05, 0) is 42.7 Å². The van der Waals surface area contributed by atoms with E-state index in [4.69, 9.17) is 19.0 Å². The number of nitrogens with zero attached hydrogens (tertiary/aromatic N) is 3. The normalized spacial score (nSPS) is 13.7. The van der Waals surface area contributed by atoms with Crippen LogP contribution in [0.1, 0.15) is 28.8 Å². The third-order valence-electron chi connectivity index (χ3n) is 5.83. The molecule has 3 heterocycles. The van der Waals surface area contributed by atoms with Crippen LogP contribution in [0.25, 0.3) is 11.0 Å². The molecule has 1 saturated carbocycles. The summed E-state index contributed by atoms with van der Waals surface area (Å²) < 4.78 is 46.6. The smallest absolute Gasteiger partial charge is 0.276 e. The number of aromatic nitrogens is 3. The first kappa shape index (κ1) is 25.2. The molecule has 3 aromatic heterocycles. The van der Waals surface area contributed by atoms with Gasteiger partial charge >= 0.3 is 0 Å². The molecule has 0 saturated heterocycles. The number of ether oxygens (including phenoxy) is 3. The van der Waals surface area contributed by atoms with Crippen molar-refractivity contribution in [3.63, 3.8) is 0 Å². The Morgan fingerprint density at radius 1 is 1.13 bits per heavy atom. The van der Waals surface area contributed by atoms with Gasteiger partial charge in [0.15, 0.2) is 28.9 Å². The lowest BCUT2D eigenvalue weighted by molar-refractivity contribution is 0.0231. The highest BCUT2D eigenvalue weighted by molar-refractivity contribution is 5.93. The molecule has 1 aromatic carbocycles. The number of pyridine rings is 3. The van der Waals surface area contributed by atoms with Gasteiger partial charge in [0.2, 0.25) is 0 Å². The number of carbonyl (C=O) groups is 1. The minimum absolute atomic E-state index is 0.0295. The van der Waals surface area contributed by atoms with Crippen LogP contribution in [-0.4, -0.2) is 45.3 Å². The predicted octanol–water partition coefficient (Wildman–Crippen LogP) is 3.87. The topological polar surface area (TPSA) is 125 Å². The van der Waals surface area contributed by atoms with E-state index < -0.39 is 28.9 Å². The standard InChI is InChI=1S/C26H22F2N4O6/c1-35-21-11-19-22(31-25(21)38-26(14-33)5-6-26)20(4-8-30-19)37-23-17(27)9-15(10-18(23)28)13-36-32-24(34)16-3-2-7-29-12-16/h2-4,7-12,33H,5-6,13-14H2,1H3,(H,32,34). The van der Waals surface area contributed by atoms with Crippen LogP contribution in [0.5, 0.6) is 23.1 Å². The number of hydrogen-bond acceptors (Lipinski definition) is 9. The Hall–Kier alpha value is -4.42. The Bertz CT molecular complexity index is 1460. The molecule has 12 heteroatoms. The van der Waals surface area contributed by atoms with Crippen LogP contribution in [-0.2, 0) is 11.4 Å². The fraction of sp³-hybridized carbons (Fsp3) is 0.231. The lowest BCUT2D eigenvalue weighted by Crippen LogP contribution is -2.23. The molecule has 10 nitrogen and oxygen atoms in total. The van der Waals surface area contributed by atoms with Crippen molar-refractivity contribution in [2.24, 2.45) is 0 Å². The minimum atomic E-state index is -0.991. The van der Waals surface area contributed by atoms with Crippen molar-refractivity contribution in [3.05, 3.63) is 77.8 Å². The van der Waals surface area contributed by atoms with E-state index in [1.54, 1.807) is 12.1 Å². The van der Waals surface area contributed by atoms with Crippen molar-refractivity contribution >= 4 is 16.9 Å². The maximum Gasteiger partial charge on any atom is 0.276 e. The Kier molecular flexibility index (Phi) is 6.99. The van der Waals surface area contributed by atoms with Crippen molar-refractivity contribution in [1.29, 1.82) is 0 Å². The first-order valence-electron chi connectivity index (χ1n) is 11.5. The number of rotatable bonds is 10. The molecule has 1 aliphatic rings. The molecule has 0 atom stereocenters. The summed E-state index contributed by atoms with van der Waals surface area (Å²) in [5.41, 5.74) is 2.37. The average Bonchev–Trinajstić information content (AvgIpc) is 3.70. The quantitative estimate of drug-likeness (QED) is 0.298. The molecular weight excluding hydrogens is 502 g/mol. The Balaban J connectivity index is 1.34. The Morgan fingerprint density at radius 3 is 2.58 bits per heavy atom. The third-order valence-corrected chi connectivity index (χ3v) is 5.83. The maximum absolute atomic E-state index is 14.9. The molecule has 2 N–H and O–H groups in total. The van der Waals surface area contributed by atoms with Gasteiger partial charge in [-0.1, -0.05) is 0 Å². The third kappa shape index (κ3) is 5.31. The Labute approximate surface area is 215 Å². The van der Waals surface area contributed by atoms with Crippen molar-refractivity contribution < 1.29 is 37.7 Å². The van der Waals surface area contributed by atoms with Gasteiger partial charge in [0.1, 0.15) is 11.1 Å². The number of aliphatic hydroxyl groups is 1. The van der Waals surface area contributed by atoms with E-state index in [0.717, 1.165) is 12.1 Å². The van der Waals surface area contributed by atoms with E-state index >= 15 is 0 Å². The van der Waals surface area contributed by atoms with E-state index in [-0.39, 0.29) is 41.5 Å². The molecule has 0 unspecified atom stereocenters. The molecule has 38 heavy (non-hydrogen) atoms. The highest BCUT2D eigenvalue weighted by Crippen LogP contribution is 2.43. The molecule has 1 aliphatic carbocycles. The van der Waals surface area contributed by atoms with Gasteiger partial charge in [0.25, 0.3) is 11.8 Å². The first-order chi connectivity index (χ1) is 18.4. The molecule has 1 amide bonds. The number of methoxy groups -OCH3 is 1.